The molecule has 25 heavy (non-hydrogen) atoms. The molecule has 0 aromatic heterocycles. The Morgan fingerprint density at radius 2 is 1.84 bits per heavy atom. The molecule has 1 aliphatic heterocycles. The standard InChI is InChI=1S/C20H28FNO3/c21-17-9-5-4-8-16(17)14-20(25)10-12-22(13-11-20)19(24)18(23)15-6-2-1-3-7-15/h4-5,8-9,15,18,23,25H,1-3,6-7,10-14H2. The summed E-state index contributed by atoms with van der Waals surface area (Å²) >= 11 is 0. The van der Waals surface area contributed by atoms with Gasteiger partial charge >= 0.3 is 0 Å². The summed E-state index contributed by atoms with van der Waals surface area (Å²) in [6, 6.07) is 6.49. The molecule has 1 amide bonds. The summed E-state index contributed by atoms with van der Waals surface area (Å²) in [4.78, 5) is 14.2. The van der Waals surface area contributed by atoms with Crippen molar-refractivity contribution in [2.75, 3.05) is 13.1 Å². The zero-order chi connectivity index (χ0) is 17.9. The Labute approximate surface area is 148 Å². The third-order valence-corrected chi connectivity index (χ3v) is 5.83. The molecule has 1 saturated carbocycles. The van der Waals surface area contributed by atoms with E-state index in [0.717, 1.165) is 25.7 Å². The van der Waals surface area contributed by atoms with Crippen LogP contribution in [0.4, 0.5) is 4.39 Å². The first kappa shape index (κ1) is 18.3. The van der Waals surface area contributed by atoms with Gasteiger partial charge in [-0.25, -0.2) is 4.39 Å². The van der Waals surface area contributed by atoms with E-state index in [1.54, 1.807) is 23.1 Å². The second-order valence-corrected chi connectivity index (χ2v) is 7.66. The number of hydrogen-bond donors (Lipinski definition) is 2. The molecule has 1 aromatic carbocycles. The van der Waals surface area contributed by atoms with Gasteiger partial charge in [-0.05, 0) is 43.2 Å². The Bertz CT molecular complexity index is 592. The summed E-state index contributed by atoms with van der Waals surface area (Å²) in [6.07, 6.45) is 5.33. The number of piperidine rings is 1. The fraction of sp³-hybridized carbons (Fsp3) is 0.650. The van der Waals surface area contributed by atoms with Gasteiger partial charge in [0.2, 0.25) is 0 Å². The summed E-state index contributed by atoms with van der Waals surface area (Å²) in [5.74, 6) is -0.442. The topological polar surface area (TPSA) is 60.8 Å². The number of nitrogens with zero attached hydrogens (tertiary/aromatic N) is 1. The Kier molecular flexibility index (Phi) is 5.74. The first-order valence-electron chi connectivity index (χ1n) is 9.41. The first-order valence-corrected chi connectivity index (χ1v) is 9.41. The van der Waals surface area contributed by atoms with E-state index in [4.69, 9.17) is 0 Å². The summed E-state index contributed by atoms with van der Waals surface area (Å²) in [6.45, 7) is 0.821. The van der Waals surface area contributed by atoms with Gasteiger partial charge in [-0.1, -0.05) is 37.5 Å². The molecule has 0 radical (unpaired) electrons. The number of benzene rings is 1. The van der Waals surface area contributed by atoms with E-state index >= 15 is 0 Å². The van der Waals surface area contributed by atoms with Gasteiger partial charge in [0.15, 0.2) is 0 Å². The van der Waals surface area contributed by atoms with E-state index in [0.29, 0.717) is 31.5 Å². The van der Waals surface area contributed by atoms with Gasteiger partial charge in [0, 0.05) is 19.5 Å². The van der Waals surface area contributed by atoms with Crippen molar-refractivity contribution in [2.24, 2.45) is 5.92 Å². The van der Waals surface area contributed by atoms with Crippen LogP contribution in [0.1, 0.15) is 50.5 Å². The van der Waals surface area contributed by atoms with Gasteiger partial charge in [0.25, 0.3) is 5.91 Å². The fourth-order valence-corrected chi connectivity index (χ4v) is 4.15. The zero-order valence-corrected chi connectivity index (χ0v) is 14.7. The van der Waals surface area contributed by atoms with Crippen LogP contribution in [-0.4, -0.2) is 45.8 Å². The normalized spacial score (nSPS) is 22.6. The fourth-order valence-electron chi connectivity index (χ4n) is 4.15. The number of carbonyl (C=O) groups excluding carboxylic acids is 1. The Morgan fingerprint density at radius 1 is 1.20 bits per heavy atom. The quantitative estimate of drug-likeness (QED) is 0.879. The lowest BCUT2D eigenvalue weighted by Gasteiger charge is -2.40. The molecule has 3 rings (SSSR count). The second-order valence-electron chi connectivity index (χ2n) is 7.66. The summed E-state index contributed by atoms with van der Waals surface area (Å²) in [7, 11) is 0. The third kappa shape index (κ3) is 4.39. The lowest BCUT2D eigenvalue weighted by Crippen LogP contribution is -2.51. The van der Waals surface area contributed by atoms with Crippen molar-refractivity contribution in [1.29, 1.82) is 0 Å². The van der Waals surface area contributed by atoms with Gasteiger partial charge in [0.05, 0.1) is 5.60 Å². The van der Waals surface area contributed by atoms with Crippen molar-refractivity contribution in [2.45, 2.75) is 63.1 Å². The van der Waals surface area contributed by atoms with Gasteiger partial charge in [-0.15, -0.1) is 0 Å². The minimum absolute atomic E-state index is 0.0699. The molecule has 0 spiro atoms. The molecule has 1 heterocycles. The molecule has 1 atom stereocenters. The van der Waals surface area contributed by atoms with Crippen molar-refractivity contribution in [3.05, 3.63) is 35.6 Å². The number of halogens is 1. The predicted molar refractivity (Wildman–Crippen MR) is 93.4 cm³/mol. The van der Waals surface area contributed by atoms with Gasteiger partial charge in [-0.2, -0.15) is 0 Å². The average Bonchev–Trinajstić information content (AvgIpc) is 2.64. The molecule has 1 aliphatic carbocycles. The van der Waals surface area contributed by atoms with Gasteiger partial charge < -0.3 is 15.1 Å². The highest BCUT2D eigenvalue weighted by molar-refractivity contribution is 5.81. The average molecular weight is 349 g/mol. The molecule has 0 bridgehead atoms. The molecular formula is C20H28FNO3. The van der Waals surface area contributed by atoms with Gasteiger partial charge in [-0.3, -0.25) is 4.79 Å². The molecule has 1 saturated heterocycles. The largest absolute Gasteiger partial charge is 0.389 e. The number of aliphatic hydroxyl groups is 2. The Morgan fingerprint density at radius 3 is 2.48 bits per heavy atom. The van der Waals surface area contributed by atoms with Crippen LogP contribution in [0.25, 0.3) is 0 Å². The van der Waals surface area contributed by atoms with Crippen LogP contribution >= 0.6 is 0 Å². The van der Waals surface area contributed by atoms with E-state index in [1.165, 1.54) is 12.5 Å². The number of amides is 1. The Balaban J connectivity index is 1.55. The molecular weight excluding hydrogens is 321 g/mol. The summed E-state index contributed by atoms with van der Waals surface area (Å²) in [5.41, 5.74) is -0.485. The summed E-state index contributed by atoms with van der Waals surface area (Å²) < 4.78 is 13.8. The van der Waals surface area contributed by atoms with Crippen LogP contribution in [0.3, 0.4) is 0 Å². The molecule has 1 unspecified atom stereocenters. The maximum Gasteiger partial charge on any atom is 0.251 e. The molecule has 138 valence electrons. The molecule has 2 fully saturated rings. The van der Waals surface area contributed by atoms with E-state index in [9.17, 15) is 19.4 Å². The lowest BCUT2D eigenvalue weighted by atomic mass is 9.83. The molecule has 4 nitrogen and oxygen atoms in total. The van der Waals surface area contributed by atoms with Crippen LogP contribution in [0.5, 0.6) is 0 Å². The number of likely N-dealkylation sites (tertiary alicyclic amines) is 1. The SMILES string of the molecule is O=C(C(O)C1CCCCC1)N1CCC(O)(Cc2ccccc2F)CC1. The van der Waals surface area contributed by atoms with Crippen LogP contribution in [0.2, 0.25) is 0 Å². The first-order chi connectivity index (χ1) is 12.0. The molecule has 2 N–H and O–H groups in total. The van der Waals surface area contributed by atoms with Crippen molar-refractivity contribution >= 4 is 5.91 Å². The summed E-state index contributed by atoms with van der Waals surface area (Å²) in [5, 5.41) is 21.2. The van der Waals surface area contributed by atoms with E-state index in [2.05, 4.69) is 0 Å². The minimum atomic E-state index is -0.991. The van der Waals surface area contributed by atoms with Crippen molar-refractivity contribution in [3.8, 4) is 0 Å². The molecule has 2 aliphatic rings. The number of hydrogen-bond acceptors (Lipinski definition) is 3. The van der Waals surface area contributed by atoms with Crippen molar-refractivity contribution < 1.29 is 19.4 Å². The maximum atomic E-state index is 13.8. The number of aliphatic hydroxyl groups excluding tert-OH is 1. The minimum Gasteiger partial charge on any atom is -0.389 e. The van der Waals surface area contributed by atoms with Crippen LogP contribution in [-0.2, 0) is 11.2 Å². The van der Waals surface area contributed by atoms with E-state index < -0.39 is 11.7 Å². The van der Waals surface area contributed by atoms with Gasteiger partial charge in [0.1, 0.15) is 11.9 Å². The second kappa shape index (κ2) is 7.83. The third-order valence-electron chi connectivity index (χ3n) is 5.83. The molecule has 5 heteroatoms. The smallest absolute Gasteiger partial charge is 0.251 e. The van der Waals surface area contributed by atoms with Crippen LogP contribution in [0, 0.1) is 11.7 Å². The molecule has 1 aromatic rings. The number of carbonyl (C=O) groups is 1. The highest BCUT2D eigenvalue weighted by Crippen LogP contribution is 2.30. The highest BCUT2D eigenvalue weighted by atomic mass is 19.1. The Hall–Kier alpha value is -1.46. The zero-order valence-electron chi connectivity index (χ0n) is 14.7. The monoisotopic (exact) mass is 349 g/mol. The van der Waals surface area contributed by atoms with Crippen molar-refractivity contribution in [1.82, 2.24) is 4.90 Å². The lowest BCUT2D eigenvalue weighted by molar-refractivity contribution is -0.147. The number of rotatable bonds is 4. The highest BCUT2D eigenvalue weighted by Gasteiger charge is 2.37. The predicted octanol–water partition coefficient (Wildman–Crippen LogP) is 2.66. The van der Waals surface area contributed by atoms with Crippen molar-refractivity contribution in [3.63, 3.8) is 0 Å². The van der Waals surface area contributed by atoms with E-state index in [1.807, 2.05) is 0 Å². The van der Waals surface area contributed by atoms with Crippen LogP contribution in [0.15, 0.2) is 24.3 Å². The van der Waals surface area contributed by atoms with E-state index in [-0.39, 0.29) is 24.1 Å². The maximum absolute atomic E-state index is 13.8. The van der Waals surface area contributed by atoms with Crippen LogP contribution < -0.4 is 0 Å².